The molecule has 132 valence electrons. The second-order valence-electron chi connectivity index (χ2n) is 7.09. The summed E-state index contributed by atoms with van der Waals surface area (Å²) in [5.74, 6) is -2.15. The third kappa shape index (κ3) is 3.59. The highest BCUT2D eigenvalue weighted by molar-refractivity contribution is 5.78. The number of amides is 1. The largest absolute Gasteiger partial charge is 0.391 e. The van der Waals surface area contributed by atoms with Crippen LogP contribution in [0.3, 0.4) is 0 Å². The summed E-state index contributed by atoms with van der Waals surface area (Å²) in [5, 5.41) is 20.5. The molecule has 1 saturated carbocycles. The fourth-order valence-electron chi connectivity index (χ4n) is 3.89. The van der Waals surface area contributed by atoms with Crippen molar-refractivity contribution in [2.75, 3.05) is 6.54 Å². The SMILES string of the molecule is O=C(CC1(O)CCCCC1)N1C[C@H](O)C[C@@H]1c1ccc(F)c(F)c1. The topological polar surface area (TPSA) is 60.8 Å². The number of halogens is 2. The summed E-state index contributed by atoms with van der Waals surface area (Å²) < 4.78 is 26.7. The molecule has 1 aromatic carbocycles. The fraction of sp³-hybridized carbons (Fsp3) is 0.611. The molecular formula is C18H23F2NO3. The minimum atomic E-state index is -0.985. The van der Waals surface area contributed by atoms with Crippen molar-refractivity contribution in [3.8, 4) is 0 Å². The number of likely N-dealkylation sites (tertiary alicyclic amines) is 1. The lowest BCUT2D eigenvalue weighted by atomic mass is 9.82. The van der Waals surface area contributed by atoms with Crippen molar-refractivity contribution in [1.29, 1.82) is 0 Å². The van der Waals surface area contributed by atoms with Crippen LogP contribution in [0.4, 0.5) is 8.78 Å². The summed E-state index contributed by atoms with van der Waals surface area (Å²) >= 11 is 0. The van der Waals surface area contributed by atoms with Gasteiger partial charge in [0.05, 0.1) is 24.2 Å². The van der Waals surface area contributed by atoms with Crippen molar-refractivity contribution in [3.05, 3.63) is 35.4 Å². The highest BCUT2D eigenvalue weighted by Crippen LogP contribution is 2.36. The number of hydrogen-bond donors (Lipinski definition) is 2. The molecule has 3 rings (SSSR count). The van der Waals surface area contributed by atoms with E-state index >= 15 is 0 Å². The van der Waals surface area contributed by atoms with Crippen LogP contribution in [0.25, 0.3) is 0 Å². The van der Waals surface area contributed by atoms with Crippen LogP contribution in [0.15, 0.2) is 18.2 Å². The Morgan fingerprint density at radius 2 is 1.92 bits per heavy atom. The molecule has 0 aromatic heterocycles. The molecule has 24 heavy (non-hydrogen) atoms. The Hall–Kier alpha value is -1.53. The molecule has 2 aliphatic rings. The summed E-state index contributed by atoms with van der Waals surface area (Å²) in [7, 11) is 0. The van der Waals surface area contributed by atoms with Gasteiger partial charge in [0.1, 0.15) is 0 Å². The summed E-state index contributed by atoms with van der Waals surface area (Å²) in [4.78, 5) is 14.2. The van der Waals surface area contributed by atoms with E-state index in [1.807, 2.05) is 0 Å². The molecule has 1 saturated heterocycles. The number of aliphatic hydroxyl groups excluding tert-OH is 1. The number of aliphatic hydroxyl groups is 2. The van der Waals surface area contributed by atoms with Gasteiger partial charge in [0.25, 0.3) is 0 Å². The molecule has 1 aliphatic heterocycles. The fourth-order valence-corrected chi connectivity index (χ4v) is 3.89. The Kier molecular flexibility index (Phi) is 4.88. The van der Waals surface area contributed by atoms with E-state index in [4.69, 9.17) is 0 Å². The van der Waals surface area contributed by atoms with Crippen LogP contribution in [-0.4, -0.2) is 39.3 Å². The first-order valence-corrected chi connectivity index (χ1v) is 8.53. The number of hydrogen-bond acceptors (Lipinski definition) is 3. The van der Waals surface area contributed by atoms with E-state index < -0.39 is 29.4 Å². The van der Waals surface area contributed by atoms with Gasteiger partial charge in [-0.15, -0.1) is 0 Å². The Morgan fingerprint density at radius 1 is 1.21 bits per heavy atom. The predicted octanol–water partition coefficient (Wildman–Crippen LogP) is 2.68. The molecule has 0 bridgehead atoms. The normalized spacial score (nSPS) is 26.6. The lowest BCUT2D eigenvalue weighted by molar-refractivity contribution is -0.139. The lowest BCUT2D eigenvalue weighted by Crippen LogP contribution is -2.40. The zero-order chi connectivity index (χ0) is 17.3. The van der Waals surface area contributed by atoms with E-state index in [0.29, 0.717) is 18.4 Å². The van der Waals surface area contributed by atoms with Crippen molar-refractivity contribution < 1.29 is 23.8 Å². The van der Waals surface area contributed by atoms with E-state index in [1.54, 1.807) is 0 Å². The highest BCUT2D eigenvalue weighted by Gasteiger charge is 2.39. The standard InChI is InChI=1S/C18H23F2NO3/c19-14-5-4-12(8-15(14)20)16-9-13(22)11-21(16)17(23)10-18(24)6-2-1-3-7-18/h4-5,8,13,16,22,24H,1-3,6-7,9-11H2/t13-,16-/m1/s1. The maximum Gasteiger partial charge on any atom is 0.226 e. The van der Waals surface area contributed by atoms with Gasteiger partial charge in [-0.25, -0.2) is 8.78 Å². The molecule has 2 N–H and O–H groups in total. The van der Waals surface area contributed by atoms with E-state index in [-0.39, 0.29) is 25.3 Å². The van der Waals surface area contributed by atoms with Gasteiger partial charge in [-0.3, -0.25) is 4.79 Å². The molecule has 1 amide bonds. The van der Waals surface area contributed by atoms with Crippen LogP contribution >= 0.6 is 0 Å². The third-order valence-corrected chi connectivity index (χ3v) is 5.19. The van der Waals surface area contributed by atoms with Crippen LogP contribution in [-0.2, 0) is 4.79 Å². The number of benzene rings is 1. The Balaban J connectivity index is 1.77. The first kappa shape index (κ1) is 17.3. The van der Waals surface area contributed by atoms with Crippen LogP contribution in [0.5, 0.6) is 0 Å². The first-order chi connectivity index (χ1) is 11.4. The number of carbonyl (C=O) groups excluding carboxylic acids is 1. The molecule has 1 heterocycles. The van der Waals surface area contributed by atoms with E-state index in [2.05, 4.69) is 0 Å². The molecule has 0 unspecified atom stereocenters. The minimum Gasteiger partial charge on any atom is -0.391 e. The van der Waals surface area contributed by atoms with Gasteiger partial charge in [-0.05, 0) is 37.0 Å². The van der Waals surface area contributed by atoms with Gasteiger partial charge < -0.3 is 15.1 Å². The van der Waals surface area contributed by atoms with Gasteiger partial charge in [0, 0.05) is 6.54 Å². The van der Waals surface area contributed by atoms with E-state index in [9.17, 15) is 23.8 Å². The zero-order valence-electron chi connectivity index (χ0n) is 13.5. The Labute approximate surface area is 140 Å². The van der Waals surface area contributed by atoms with Crippen LogP contribution in [0.1, 0.15) is 56.6 Å². The second kappa shape index (κ2) is 6.76. The maximum atomic E-state index is 13.5. The number of rotatable bonds is 3. The average molecular weight is 339 g/mol. The Morgan fingerprint density at radius 3 is 2.58 bits per heavy atom. The smallest absolute Gasteiger partial charge is 0.226 e. The monoisotopic (exact) mass is 339 g/mol. The maximum absolute atomic E-state index is 13.5. The van der Waals surface area contributed by atoms with Crippen LogP contribution < -0.4 is 0 Å². The molecule has 0 radical (unpaired) electrons. The lowest BCUT2D eigenvalue weighted by Gasteiger charge is -2.34. The first-order valence-electron chi connectivity index (χ1n) is 8.53. The molecule has 0 spiro atoms. The average Bonchev–Trinajstić information content (AvgIpc) is 2.92. The van der Waals surface area contributed by atoms with Crippen molar-refractivity contribution in [1.82, 2.24) is 4.90 Å². The number of β-amino-alcohol motifs (C(OH)–C–C–N with tert-alkyl or cyclic N) is 1. The predicted molar refractivity (Wildman–Crippen MR) is 84.1 cm³/mol. The molecule has 1 aliphatic carbocycles. The van der Waals surface area contributed by atoms with Crippen LogP contribution in [0.2, 0.25) is 0 Å². The summed E-state index contributed by atoms with van der Waals surface area (Å²) in [6.45, 7) is 0.151. The van der Waals surface area contributed by atoms with Gasteiger partial charge >= 0.3 is 0 Å². The van der Waals surface area contributed by atoms with Crippen molar-refractivity contribution >= 4 is 5.91 Å². The number of nitrogens with zero attached hydrogens (tertiary/aromatic N) is 1. The van der Waals surface area contributed by atoms with Crippen molar-refractivity contribution in [2.45, 2.75) is 62.7 Å². The van der Waals surface area contributed by atoms with E-state index in [0.717, 1.165) is 31.4 Å². The molecule has 4 nitrogen and oxygen atoms in total. The van der Waals surface area contributed by atoms with Crippen molar-refractivity contribution in [2.24, 2.45) is 0 Å². The molecule has 2 atom stereocenters. The second-order valence-corrected chi connectivity index (χ2v) is 7.09. The zero-order valence-corrected chi connectivity index (χ0v) is 13.5. The highest BCUT2D eigenvalue weighted by atomic mass is 19.2. The molecular weight excluding hydrogens is 316 g/mol. The third-order valence-electron chi connectivity index (χ3n) is 5.19. The van der Waals surface area contributed by atoms with Crippen LogP contribution in [0, 0.1) is 11.6 Å². The summed E-state index contributed by atoms with van der Waals surface area (Å²) in [5.41, 5.74) is -0.518. The van der Waals surface area contributed by atoms with Gasteiger partial charge in [-0.2, -0.15) is 0 Å². The molecule has 1 aromatic rings. The van der Waals surface area contributed by atoms with Gasteiger partial charge in [0.2, 0.25) is 5.91 Å². The van der Waals surface area contributed by atoms with E-state index in [1.165, 1.54) is 11.0 Å². The summed E-state index contributed by atoms with van der Waals surface area (Å²) in [6.07, 6.45) is 3.67. The Bertz CT molecular complexity index is 616. The molecule has 6 heteroatoms. The van der Waals surface area contributed by atoms with Gasteiger partial charge in [0.15, 0.2) is 11.6 Å². The van der Waals surface area contributed by atoms with Gasteiger partial charge in [-0.1, -0.05) is 25.3 Å². The summed E-state index contributed by atoms with van der Waals surface area (Å²) in [6, 6.07) is 3.06. The van der Waals surface area contributed by atoms with Crippen molar-refractivity contribution in [3.63, 3.8) is 0 Å². The number of carbonyl (C=O) groups is 1. The quantitative estimate of drug-likeness (QED) is 0.890. The molecule has 2 fully saturated rings. The minimum absolute atomic E-state index is 0.0138.